The maximum absolute atomic E-state index is 2.40. The number of hydrogen-bond donors (Lipinski definition) is 0. The van der Waals surface area contributed by atoms with Crippen LogP contribution in [0.15, 0.2) is 279 Å². The summed E-state index contributed by atoms with van der Waals surface area (Å²) in [7, 11) is 0. The first-order valence-corrected chi connectivity index (χ1v) is 24.0. The van der Waals surface area contributed by atoms with E-state index in [0.717, 1.165) is 47.0 Å². The molecule has 0 aliphatic carbocycles. The van der Waals surface area contributed by atoms with E-state index in [2.05, 4.69) is 289 Å². The van der Waals surface area contributed by atoms with E-state index in [1.54, 1.807) is 0 Å². The minimum Gasteiger partial charge on any atom is -0.310 e. The van der Waals surface area contributed by atoms with Crippen molar-refractivity contribution in [3.8, 4) is 0 Å². The molecule has 0 bridgehead atoms. The molecule has 12 rings (SSSR count). The van der Waals surface area contributed by atoms with Crippen LogP contribution in [0, 0.1) is 0 Å². The zero-order chi connectivity index (χ0) is 46.0. The zero-order valence-electron chi connectivity index (χ0n) is 38.4. The van der Waals surface area contributed by atoms with Crippen molar-refractivity contribution in [3.63, 3.8) is 0 Å². The average Bonchev–Trinajstić information content (AvgIpc) is 3.41. The second-order valence-corrected chi connectivity index (χ2v) is 18.3. The van der Waals surface area contributed by atoms with Crippen LogP contribution in [0.4, 0.5) is 34.1 Å². The number of fused-ring (bicyclic) bond motifs is 4. The van der Waals surface area contributed by atoms with Crippen LogP contribution in [-0.4, -0.2) is 0 Å². The summed E-state index contributed by atoms with van der Waals surface area (Å²) in [5, 5.41) is 9.76. The van der Waals surface area contributed by atoms with Gasteiger partial charge in [0.1, 0.15) is 0 Å². The summed E-state index contributed by atoms with van der Waals surface area (Å²) >= 11 is 0. The van der Waals surface area contributed by atoms with Gasteiger partial charge >= 0.3 is 0 Å². The monoisotopic (exact) mass is 882 g/mol. The Morgan fingerprint density at radius 1 is 0.217 bits per heavy atom. The van der Waals surface area contributed by atoms with Gasteiger partial charge in [0.05, 0.1) is 0 Å². The van der Waals surface area contributed by atoms with Gasteiger partial charge in [-0.15, -0.1) is 0 Å². The summed E-state index contributed by atoms with van der Waals surface area (Å²) < 4.78 is 0. The van der Waals surface area contributed by atoms with Gasteiger partial charge in [0.15, 0.2) is 0 Å². The van der Waals surface area contributed by atoms with E-state index in [0.29, 0.717) is 0 Å². The molecule has 0 aromatic heterocycles. The average molecular weight is 883 g/mol. The van der Waals surface area contributed by atoms with Crippen LogP contribution in [-0.2, 0) is 18.3 Å². The molecule has 0 saturated carbocycles. The largest absolute Gasteiger partial charge is 0.310 e. The van der Waals surface area contributed by atoms with Gasteiger partial charge in [0, 0.05) is 39.5 Å². The van der Waals surface area contributed by atoms with Crippen LogP contribution in [0.3, 0.4) is 0 Å². The molecule has 2 nitrogen and oxygen atoms in total. The number of anilines is 6. The zero-order valence-corrected chi connectivity index (χ0v) is 38.4. The van der Waals surface area contributed by atoms with Crippen LogP contribution in [0.1, 0.15) is 22.3 Å². The van der Waals surface area contributed by atoms with Gasteiger partial charge in [-0.1, -0.05) is 206 Å². The fourth-order valence-corrected chi connectivity index (χ4v) is 10.5. The van der Waals surface area contributed by atoms with Gasteiger partial charge < -0.3 is 9.80 Å². The van der Waals surface area contributed by atoms with E-state index in [-0.39, 0.29) is 0 Å². The lowest BCUT2D eigenvalue weighted by molar-refractivity contribution is 0.507. The minimum atomic E-state index is -0.423. The number of nitrogens with zero attached hydrogens (tertiary/aromatic N) is 2. The third-order valence-electron chi connectivity index (χ3n) is 14.0. The molecule has 0 saturated heterocycles. The van der Waals surface area contributed by atoms with Crippen molar-refractivity contribution in [2.75, 3.05) is 9.80 Å². The highest BCUT2D eigenvalue weighted by molar-refractivity contribution is 5.94. The van der Waals surface area contributed by atoms with E-state index >= 15 is 0 Å². The summed E-state index contributed by atoms with van der Waals surface area (Å²) in [5.74, 6) is 0. The molecule has 0 aliphatic rings. The van der Waals surface area contributed by atoms with E-state index in [1.807, 2.05) is 0 Å². The number of benzene rings is 12. The lowest BCUT2D eigenvalue weighted by Gasteiger charge is -2.37. The Morgan fingerprint density at radius 2 is 0.464 bits per heavy atom. The van der Waals surface area contributed by atoms with E-state index < -0.39 is 5.41 Å². The van der Waals surface area contributed by atoms with Crippen molar-refractivity contribution in [2.45, 2.75) is 18.3 Å². The molecule has 0 atom stereocenters. The van der Waals surface area contributed by atoms with Crippen LogP contribution in [0.5, 0.6) is 0 Å². The third kappa shape index (κ3) is 8.28. The SMILES string of the molecule is c1ccc(CC(Cc2ccccc2)(c2ccc(N(c3ccc4ccccc4c3)c3ccc4ccccc4c3)cc2)c2ccc(N(c3ccc4ccccc4c3)c3ccc4ccccc4c3)cc2)cc1. The Balaban J connectivity index is 1.01. The first kappa shape index (κ1) is 41.7. The summed E-state index contributed by atoms with van der Waals surface area (Å²) in [5.41, 5.74) is 11.4. The molecule has 0 aliphatic heterocycles. The first-order valence-electron chi connectivity index (χ1n) is 24.0. The highest BCUT2D eigenvalue weighted by Crippen LogP contribution is 2.45. The third-order valence-corrected chi connectivity index (χ3v) is 14.0. The highest BCUT2D eigenvalue weighted by Gasteiger charge is 2.36. The quantitative estimate of drug-likeness (QED) is 0.121. The summed E-state index contributed by atoms with van der Waals surface area (Å²) in [4.78, 5) is 4.81. The van der Waals surface area contributed by atoms with Crippen LogP contribution < -0.4 is 9.80 Å². The molecule has 0 radical (unpaired) electrons. The highest BCUT2D eigenvalue weighted by atomic mass is 15.1. The second kappa shape index (κ2) is 18.2. The Bertz CT molecular complexity index is 3320. The van der Waals surface area contributed by atoms with Gasteiger partial charge in [-0.25, -0.2) is 0 Å². The molecule has 0 spiro atoms. The molecule has 12 aromatic carbocycles. The maximum Gasteiger partial charge on any atom is 0.0468 e. The molecular formula is C67H50N2. The van der Waals surface area contributed by atoms with E-state index in [9.17, 15) is 0 Å². The molecule has 0 fully saturated rings. The standard InChI is InChI=1S/C67H50N2/c1-3-15-49(16-4-1)47-67(48-50-17-5-2-6-18-50,59-31-39-61(40-32-59)68(63-35-27-51-19-7-11-23-55(51)43-63)64-36-28-52-20-8-12-24-56(52)44-64)60-33-41-62(42-34-60)69(65-37-29-53-21-9-13-25-57(53)45-65)66-38-30-54-22-10-14-26-58(54)46-66/h1-46H,47-48H2. The summed E-state index contributed by atoms with van der Waals surface area (Å²) in [6, 6.07) is 103. The fourth-order valence-electron chi connectivity index (χ4n) is 10.5. The predicted octanol–water partition coefficient (Wildman–Crippen LogP) is 18.0. The molecule has 0 amide bonds. The molecule has 0 heterocycles. The van der Waals surface area contributed by atoms with Crippen molar-refractivity contribution in [3.05, 3.63) is 301 Å². The van der Waals surface area contributed by atoms with E-state index in [1.165, 1.54) is 65.3 Å². The summed E-state index contributed by atoms with van der Waals surface area (Å²) in [6.45, 7) is 0. The predicted molar refractivity (Wildman–Crippen MR) is 293 cm³/mol. The Labute approximate surface area is 404 Å². The van der Waals surface area contributed by atoms with Crippen molar-refractivity contribution in [1.29, 1.82) is 0 Å². The molecule has 328 valence electrons. The Hall–Kier alpha value is -8.72. The smallest absolute Gasteiger partial charge is 0.0468 e. The normalized spacial score (nSPS) is 11.6. The lowest BCUT2D eigenvalue weighted by atomic mass is 9.67. The molecule has 12 aromatic rings. The van der Waals surface area contributed by atoms with Gasteiger partial charge in [0.25, 0.3) is 0 Å². The maximum atomic E-state index is 2.40. The Morgan fingerprint density at radius 3 is 0.754 bits per heavy atom. The van der Waals surface area contributed by atoms with Gasteiger partial charge in [-0.3, -0.25) is 0 Å². The Kier molecular flexibility index (Phi) is 11.0. The van der Waals surface area contributed by atoms with Gasteiger partial charge in [-0.05, 0) is 151 Å². The van der Waals surface area contributed by atoms with Crippen LogP contribution in [0.2, 0.25) is 0 Å². The minimum absolute atomic E-state index is 0.423. The fraction of sp³-hybridized carbons (Fsp3) is 0.0448. The van der Waals surface area contributed by atoms with Crippen LogP contribution in [0.25, 0.3) is 43.1 Å². The first-order chi connectivity index (χ1) is 34.1. The van der Waals surface area contributed by atoms with Crippen molar-refractivity contribution in [2.24, 2.45) is 0 Å². The second-order valence-electron chi connectivity index (χ2n) is 18.3. The van der Waals surface area contributed by atoms with Crippen molar-refractivity contribution < 1.29 is 0 Å². The topological polar surface area (TPSA) is 6.48 Å². The lowest BCUT2D eigenvalue weighted by Crippen LogP contribution is -2.33. The molecule has 2 heteroatoms. The molecule has 69 heavy (non-hydrogen) atoms. The molecule has 0 unspecified atom stereocenters. The van der Waals surface area contributed by atoms with E-state index in [4.69, 9.17) is 0 Å². The van der Waals surface area contributed by atoms with Crippen molar-refractivity contribution in [1.82, 2.24) is 0 Å². The number of hydrogen-bond acceptors (Lipinski definition) is 2. The van der Waals surface area contributed by atoms with Crippen LogP contribution >= 0.6 is 0 Å². The summed E-state index contributed by atoms with van der Waals surface area (Å²) in [6.07, 6.45) is 1.64. The molecular weight excluding hydrogens is 833 g/mol. The molecule has 0 N–H and O–H groups in total. The van der Waals surface area contributed by atoms with Crippen molar-refractivity contribution >= 4 is 77.2 Å². The number of rotatable bonds is 12. The van der Waals surface area contributed by atoms with Gasteiger partial charge in [0.2, 0.25) is 0 Å². The van der Waals surface area contributed by atoms with Gasteiger partial charge in [-0.2, -0.15) is 0 Å².